The highest BCUT2D eigenvalue weighted by molar-refractivity contribution is 6.15. The Kier molecular flexibility index (Phi) is 4.52. The number of nitrogens with zero attached hydrogens (tertiary/aromatic N) is 3. The van der Waals surface area contributed by atoms with Gasteiger partial charge in [-0.3, -0.25) is 9.78 Å². The van der Waals surface area contributed by atoms with Crippen LogP contribution >= 0.6 is 0 Å². The highest BCUT2D eigenvalue weighted by atomic mass is 16.5. The number of hydrogen-bond acceptors (Lipinski definition) is 5. The molecule has 4 rings (SSSR count). The normalized spacial score (nSPS) is 10.7. The summed E-state index contributed by atoms with van der Waals surface area (Å²) in [6, 6.07) is 14.6. The van der Waals surface area contributed by atoms with E-state index in [4.69, 9.17) is 20.5 Å². The van der Waals surface area contributed by atoms with Crippen molar-refractivity contribution < 1.29 is 14.3 Å². The molecule has 1 amide bonds. The van der Waals surface area contributed by atoms with Crippen molar-refractivity contribution in [2.24, 2.45) is 5.73 Å². The number of aromatic nitrogens is 2. The summed E-state index contributed by atoms with van der Waals surface area (Å²) in [6.45, 7) is 0.161. The van der Waals surface area contributed by atoms with Gasteiger partial charge < -0.3 is 19.6 Å². The molecular formula is C21H16N4O3. The van der Waals surface area contributed by atoms with Gasteiger partial charge in [-0.2, -0.15) is 5.26 Å². The Hall–Kier alpha value is -4.05. The molecular weight excluding hydrogens is 356 g/mol. The summed E-state index contributed by atoms with van der Waals surface area (Å²) in [4.78, 5) is 16.3. The first-order valence-electron chi connectivity index (χ1n) is 8.57. The molecule has 7 heteroatoms. The summed E-state index contributed by atoms with van der Waals surface area (Å²) in [5, 5.41) is 9.43. The van der Waals surface area contributed by atoms with E-state index in [9.17, 15) is 4.79 Å². The zero-order valence-corrected chi connectivity index (χ0v) is 14.8. The van der Waals surface area contributed by atoms with Crippen LogP contribution in [-0.2, 0) is 6.61 Å². The maximum absolute atomic E-state index is 12.2. The molecule has 4 aromatic rings. The summed E-state index contributed by atoms with van der Waals surface area (Å²) in [6.07, 6.45) is 5.23. The van der Waals surface area contributed by atoms with Gasteiger partial charge in [0, 0.05) is 36.3 Å². The first kappa shape index (κ1) is 17.4. The van der Waals surface area contributed by atoms with Crippen LogP contribution in [0.15, 0.2) is 61.1 Å². The molecule has 0 spiro atoms. The van der Waals surface area contributed by atoms with Crippen molar-refractivity contribution in [3.8, 4) is 17.6 Å². The molecule has 0 bridgehead atoms. The van der Waals surface area contributed by atoms with Crippen LogP contribution in [0.1, 0.15) is 15.9 Å². The Morgan fingerprint density at radius 1 is 1.18 bits per heavy atom. The quantitative estimate of drug-likeness (QED) is 0.560. The third-order valence-corrected chi connectivity index (χ3v) is 4.35. The van der Waals surface area contributed by atoms with E-state index in [1.54, 1.807) is 24.5 Å². The lowest BCUT2D eigenvalue weighted by Gasteiger charge is -2.11. The molecule has 0 aliphatic heterocycles. The Labute approximate surface area is 160 Å². The lowest BCUT2D eigenvalue weighted by Crippen LogP contribution is -2.11. The largest absolute Gasteiger partial charge is 0.488 e. The molecule has 3 heterocycles. The molecule has 7 nitrogen and oxygen atoms in total. The lowest BCUT2D eigenvalue weighted by atomic mass is 10.1. The maximum Gasteiger partial charge on any atom is 0.251 e. The third-order valence-electron chi connectivity index (χ3n) is 4.35. The highest BCUT2D eigenvalue weighted by Crippen LogP contribution is 2.37. The number of ether oxygens (including phenoxy) is 2. The van der Waals surface area contributed by atoms with Gasteiger partial charge in [0.15, 0.2) is 6.61 Å². The summed E-state index contributed by atoms with van der Waals surface area (Å²) in [5.41, 5.74) is 8.33. The van der Waals surface area contributed by atoms with Crippen LogP contribution in [-0.4, -0.2) is 21.9 Å². The van der Waals surface area contributed by atoms with Crippen LogP contribution in [0.2, 0.25) is 0 Å². The van der Waals surface area contributed by atoms with E-state index in [1.807, 2.05) is 47.0 Å². The second kappa shape index (κ2) is 7.29. The smallest absolute Gasteiger partial charge is 0.251 e. The van der Waals surface area contributed by atoms with E-state index in [0.29, 0.717) is 33.5 Å². The molecule has 0 saturated carbocycles. The minimum atomic E-state index is -0.546. The van der Waals surface area contributed by atoms with E-state index < -0.39 is 5.91 Å². The van der Waals surface area contributed by atoms with Crippen molar-refractivity contribution in [2.45, 2.75) is 6.61 Å². The van der Waals surface area contributed by atoms with Gasteiger partial charge in [0.2, 0.25) is 0 Å². The first-order chi connectivity index (χ1) is 13.7. The lowest BCUT2D eigenvalue weighted by molar-refractivity contribution is 0.100. The Bertz CT molecular complexity index is 1210. The minimum Gasteiger partial charge on any atom is -0.488 e. The Balaban J connectivity index is 1.92. The number of nitrogens with two attached hydrogens (primary N) is 1. The molecule has 2 N–H and O–H groups in total. The van der Waals surface area contributed by atoms with Gasteiger partial charge >= 0.3 is 0 Å². The van der Waals surface area contributed by atoms with Gasteiger partial charge in [0.05, 0.1) is 22.0 Å². The number of nitriles is 1. The Morgan fingerprint density at radius 2 is 2.07 bits per heavy atom. The molecule has 0 atom stereocenters. The number of rotatable bonds is 6. The number of carbonyl (C=O) groups excluding carboxylic acids is 1. The van der Waals surface area contributed by atoms with Crippen molar-refractivity contribution in [3.63, 3.8) is 0 Å². The molecule has 1 aromatic carbocycles. The second-order valence-electron chi connectivity index (χ2n) is 6.11. The average molecular weight is 372 g/mol. The topological polar surface area (TPSA) is 103 Å². The van der Waals surface area contributed by atoms with E-state index >= 15 is 0 Å². The number of benzene rings is 1. The summed E-state index contributed by atoms with van der Waals surface area (Å²) in [5.74, 6) is 0.372. The molecule has 0 unspecified atom stereocenters. The fourth-order valence-corrected chi connectivity index (χ4v) is 3.21. The van der Waals surface area contributed by atoms with Crippen LogP contribution in [0.3, 0.4) is 0 Å². The second-order valence-corrected chi connectivity index (χ2v) is 6.11. The molecule has 0 aliphatic carbocycles. The van der Waals surface area contributed by atoms with Gasteiger partial charge in [-0.05, 0) is 18.2 Å². The maximum atomic E-state index is 12.2. The fraction of sp³-hybridized carbons (Fsp3) is 0.0952. The highest BCUT2D eigenvalue weighted by Gasteiger charge is 2.21. The predicted molar refractivity (Wildman–Crippen MR) is 103 cm³/mol. The number of amides is 1. The zero-order valence-electron chi connectivity index (χ0n) is 14.8. The molecule has 28 heavy (non-hydrogen) atoms. The van der Waals surface area contributed by atoms with Crippen molar-refractivity contribution in [3.05, 3.63) is 72.2 Å². The van der Waals surface area contributed by atoms with Gasteiger partial charge in [0.1, 0.15) is 24.2 Å². The van der Waals surface area contributed by atoms with Gasteiger partial charge in [-0.25, -0.2) is 0 Å². The van der Waals surface area contributed by atoms with Crippen LogP contribution in [0.4, 0.5) is 0 Å². The molecule has 0 aliphatic rings. The monoisotopic (exact) mass is 372 g/mol. The number of fused-ring (bicyclic) bond motifs is 3. The van der Waals surface area contributed by atoms with Crippen molar-refractivity contribution in [2.75, 3.05) is 6.61 Å². The average Bonchev–Trinajstić information content (AvgIpc) is 3.06. The molecule has 0 radical (unpaired) electrons. The third kappa shape index (κ3) is 3.08. The van der Waals surface area contributed by atoms with Crippen molar-refractivity contribution >= 4 is 22.3 Å². The SMILES string of the molecule is N#CCOc1cc(OCc2cccnc2)c2c(C(N)=O)c3ccccn3c2c1. The fourth-order valence-electron chi connectivity index (χ4n) is 3.21. The summed E-state index contributed by atoms with van der Waals surface area (Å²) >= 11 is 0. The number of carbonyl (C=O) groups is 1. The van der Waals surface area contributed by atoms with Crippen LogP contribution in [0.25, 0.3) is 16.4 Å². The van der Waals surface area contributed by atoms with E-state index in [2.05, 4.69) is 4.98 Å². The van der Waals surface area contributed by atoms with Crippen molar-refractivity contribution in [1.82, 2.24) is 9.38 Å². The van der Waals surface area contributed by atoms with E-state index in [0.717, 1.165) is 5.56 Å². The molecule has 0 fully saturated rings. The van der Waals surface area contributed by atoms with Crippen LogP contribution in [0.5, 0.6) is 11.5 Å². The number of hydrogen-bond donors (Lipinski definition) is 1. The molecule has 138 valence electrons. The number of primary amides is 1. The van der Waals surface area contributed by atoms with E-state index in [-0.39, 0.29) is 13.2 Å². The van der Waals surface area contributed by atoms with Crippen molar-refractivity contribution in [1.29, 1.82) is 5.26 Å². The van der Waals surface area contributed by atoms with E-state index in [1.165, 1.54) is 0 Å². The minimum absolute atomic E-state index is 0.0977. The van der Waals surface area contributed by atoms with Gasteiger partial charge in [-0.1, -0.05) is 12.1 Å². The van der Waals surface area contributed by atoms with Crippen LogP contribution in [0, 0.1) is 11.3 Å². The predicted octanol–water partition coefficient (Wildman–Crippen LogP) is 3.07. The summed E-state index contributed by atoms with van der Waals surface area (Å²) in [7, 11) is 0. The van der Waals surface area contributed by atoms with Gasteiger partial charge in [-0.15, -0.1) is 0 Å². The van der Waals surface area contributed by atoms with Gasteiger partial charge in [0.25, 0.3) is 5.91 Å². The summed E-state index contributed by atoms with van der Waals surface area (Å²) < 4.78 is 13.4. The first-order valence-corrected chi connectivity index (χ1v) is 8.57. The number of pyridine rings is 2. The zero-order chi connectivity index (χ0) is 19.5. The van der Waals surface area contributed by atoms with Crippen LogP contribution < -0.4 is 15.2 Å². The molecule has 3 aromatic heterocycles. The Morgan fingerprint density at radius 3 is 2.82 bits per heavy atom. The standard InChI is InChI=1S/C21H16N4O3/c22-6-9-27-15-10-17-19(18(11-15)28-13-14-4-3-7-24-12-14)20(21(23)26)16-5-1-2-8-25(16)17/h1-5,7-8,10-12H,9,13H2,(H2,23,26). The molecule has 0 saturated heterocycles.